The van der Waals surface area contributed by atoms with Crippen molar-refractivity contribution in [1.29, 1.82) is 0 Å². The lowest BCUT2D eigenvalue weighted by Crippen LogP contribution is -2.18. The van der Waals surface area contributed by atoms with Crippen LogP contribution in [0.3, 0.4) is 0 Å². The summed E-state index contributed by atoms with van der Waals surface area (Å²) in [5.74, 6) is -0.790. The van der Waals surface area contributed by atoms with Gasteiger partial charge in [-0.3, -0.25) is 5.32 Å². The van der Waals surface area contributed by atoms with Crippen molar-refractivity contribution < 1.29 is 37.3 Å². The Balaban J connectivity index is 2.37. The summed E-state index contributed by atoms with van der Waals surface area (Å²) >= 11 is 0. The number of carbonyl (C=O) groups is 2. The largest absolute Gasteiger partial charge is 0.487 e. The number of hydrogen-bond donors (Lipinski definition) is 2. The highest BCUT2D eigenvalue weighted by atomic mass is 32.2. The molecule has 1 heterocycles. The molecule has 0 saturated heterocycles. The molecule has 0 atom stereocenters. The maximum atomic E-state index is 12.8. The number of nitrogens with zero attached hydrogens (tertiary/aromatic N) is 1. The number of fused-ring (bicyclic) bond motifs is 1. The molecule has 11 heteroatoms. The number of aliphatic hydroxyl groups is 1. The van der Waals surface area contributed by atoms with Crippen LogP contribution in [0.15, 0.2) is 48.5 Å². The Labute approximate surface area is 196 Å². The molecule has 1 aromatic heterocycles. The molecule has 0 aliphatic heterocycles. The van der Waals surface area contributed by atoms with E-state index in [9.17, 15) is 23.1 Å². The average molecular weight is 489 g/mol. The lowest BCUT2D eigenvalue weighted by Gasteiger charge is -2.16. The number of anilines is 1. The van der Waals surface area contributed by atoms with Crippen molar-refractivity contribution in [2.24, 2.45) is 0 Å². The molecule has 3 aromatic rings. The molecule has 0 bridgehead atoms. The van der Waals surface area contributed by atoms with Crippen LogP contribution in [0.25, 0.3) is 17.0 Å². The van der Waals surface area contributed by atoms with Gasteiger partial charge in [-0.15, -0.1) is 0 Å². The minimum absolute atomic E-state index is 0.0758. The van der Waals surface area contributed by atoms with Crippen molar-refractivity contribution in [1.82, 2.24) is 3.97 Å². The van der Waals surface area contributed by atoms with Gasteiger partial charge in [-0.1, -0.05) is 42.5 Å². The van der Waals surface area contributed by atoms with E-state index in [1.807, 2.05) is 30.3 Å². The number of methoxy groups -OCH3 is 2. The van der Waals surface area contributed by atoms with Gasteiger partial charge in [0, 0.05) is 17.0 Å². The highest BCUT2D eigenvalue weighted by molar-refractivity contribution is 7.89. The molecule has 0 fully saturated rings. The monoisotopic (exact) mass is 488 g/mol. The predicted octanol–water partition coefficient (Wildman–Crippen LogP) is 3.00. The first-order valence-electron chi connectivity index (χ1n) is 10.0. The fraction of sp³-hybridized carbons (Fsp3) is 0.217. The minimum Gasteiger partial charge on any atom is -0.487 e. The van der Waals surface area contributed by atoms with Gasteiger partial charge >= 0.3 is 12.1 Å². The number of nitrogens with one attached hydrogen (secondary N) is 1. The van der Waals surface area contributed by atoms with E-state index < -0.39 is 22.1 Å². The third kappa shape index (κ3) is 5.21. The highest BCUT2D eigenvalue weighted by Crippen LogP contribution is 2.39. The number of amides is 1. The maximum absolute atomic E-state index is 12.8. The zero-order valence-corrected chi connectivity index (χ0v) is 19.6. The summed E-state index contributed by atoms with van der Waals surface area (Å²) in [5, 5.41) is 12.1. The zero-order valence-electron chi connectivity index (χ0n) is 18.8. The van der Waals surface area contributed by atoms with Crippen LogP contribution in [-0.4, -0.2) is 56.6 Å². The molecule has 0 radical (unpaired) electrons. The number of aliphatic hydroxyl groups excluding tert-OH is 1. The van der Waals surface area contributed by atoms with E-state index in [4.69, 9.17) is 14.2 Å². The maximum Gasteiger partial charge on any atom is 0.411 e. The van der Waals surface area contributed by atoms with Gasteiger partial charge in [-0.2, -0.15) is 0 Å². The second-order valence-electron chi connectivity index (χ2n) is 7.12. The first kappa shape index (κ1) is 24.8. The molecule has 0 aliphatic carbocycles. The Hall–Kier alpha value is -3.83. The van der Waals surface area contributed by atoms with E-state index in [0.717, 1.165) is 22.9 Å². The lowest BCUT2D eigenvalue weighted by atomic mass is 10.1. The standard InChI is InChI=1S/C23H24N2O8S/c1-31-22(27)19-12-17-16(10-7-11-26)18(24-23(28)32-2)13-20(21(17)25(19)34(3,29)30)33-14-15-8-5-4-6-9-15/h4-10,12-13,26H,11,14H2,1-3H3,(H,24,28)/b10-7-. The van der Waals surface area contributed by atoms with Crippen LogP contribution in [0, 0.1) is 0 Å². The Morgan fingerprint density at radius 2 is 1.82 bits per heavy atom. The molecular weight excluding hydrogens is 464 g/mol. The highest BCUT2D eigenvalue weighted by Gasteiger charge is 2.27. The molecule has 34 heavy (non-hydrogen) atoms. The lowest BCUT2D eigenvalue weighted by molar-refractivity contribution is 0.0593. The fourth-order valence-corrected chi connectivity index (χ4v) is 4.41. The smallest absolute Gasteiger partial charge is 0.411 e. The number of aromatic nitrogens is 1. The summed E-state index contributed by atoms with van der Waals surface area (Å²) < 4.78 is 41.8. The zero-order chi connectivity index (χ0) is 24.9. The number of esters is 1. The molecule has 1 amide bonds. The third-order valence-corrected chi connectivity index (χ3v) is 5.87. The van der Waals surface area contributed by atoms with Crippen LogP contribution in [0.2, 0.25) is 0 Å². The summed E-state index contributed by atoms with van der Waals surface area (Å²) in [6.07, 6.45) is 3.06. The van der Waals surface area contributed by atoms with Gasteiger partial charge < -0.3 is 19.3 Å². The summed E-state index contributed by atoms with van der Waals surface area (Å²) in [7, 11) is -1.68. The van der Waals surface area contributed by atoms with Gasteiger partial charge in [0.15, 0.2) is 0 Å². The predicted molar refractivity (Wildman–Crippen MR) is 126 cm³/mol. The Kier molecular flexibility index (Phi) is 7.59. The molecular formula is C23H24N2O8S. The van der Waals surface area contributed by atoms with Crippen LogP contribution in [0.4, 0.5) is 10.5 Å². The normalized spacial score (nSPS) is 11.5. The second-order valence-corrected chi connectivity index (χ2v) is 8.95. The minimum atomic E-state index is -4.00. The van der Waals surface area contributed by atoms with Gasteiger partial charge in [-0.25, -0.2) is 22.0 Å². The number of rotatable bonds is 8. The first-order chi connectivity index (χ1) is 16.2. The molecule has 10 nitrogen and oxygen atoms in total. The topological polar surface area (TPSA) is 133 Å². The summed E-state index contributed by atoms with van der Waals surface area (Å²) in [4.78, 5) is 24.5. The Morgan fingerprint density at radius 1 is 1.12 bits per heavy atom. The SMILES string of the molecule is COC(=O)Nc1cc(OCc2ccccc2)c2c(cc(C(=O)OC)n2S(C)(=O)=O)c1/C=C\CO. The third-order valence-electron chi connectivity index (χ3n) is 4.82. The fourth-order valence-electron chi connectivity index (χ4n) is 3.40. The van der Waals surface area contributed by atoms with Crippen LogP contribution in [0.1, 0.15) is 21.6 Å². The number of ether oxygens (including phenoxy) is 3. The van der Waals surface area contributed by atoms with Gasteiger partial charge in [0.05, 0.1) is 32.8 Å². The van der Waals surface area contributed by atoms with Crippen molar-refractivity contribution in [3.05, 3.63) is 65.4 Å². The van der Waals surface area contributed by atoms with E-state index in [2.05, 4.69) is 5.32 Å². The van der Waals surface area contributed by atoms with E-state index in [1.54, 1.807) is 0 Å². The van der Waals surface area contributed by atoms with Crippen LogP contribution >= 0.6 is 0 Å². The van der Waals surface area contributed by atoms with Crippen molar-refractivity contribution in [3.8, 4) is 5.75 Å². The number of hydrogen-bond acceptors (Lipinski definition) is 8. The average Bonchev–Trinajstić information content (AvgIpc) is 3.23. The van der Waals surface area contributed by atoms with Crippen molar-refractivity contribution in [3.63, 3.8) is 0 Å². The van der Waals surface area contributed by atoms with E-state index in [-0.39, 0.29) is 41.2 Å². The van der Waals surface area contributed by atoms with Gasteiger partial charge in [0.2, 0.25) is 10.0 Å². The molecule has 2 aromatic carbocycles. The Bertz CT molecular complexity index is 1340. The molecule has 0 aliphatic rings. The number of benzene rings is 2. The van der Waals surface area contributed by atoms with Gasteiger partial charge in [-0.05, 0) is 11.6 Å². The van der Waals surface area contributed by atoms with Crippen molar-refractivity contribution in [2.45, 2.75) is 6.61 Å². The van der Waals surface area contributed by atoms with Crippen LogP contribution in [-0.2, 0) is 26.1 Å². The van der Waals surface area contributed by atoms with Gasteiger partial charge in [0.1, 0.15) is 23.6 Å². The molecule has 3 rings (SSSR count). The van der Waals surface area contributed by atoms with E-state index >= 15 is 0 Å². The molecule has 0 spiro atoms. The van der Waals surface area contributed by atoms with Crippen molar-refractivity contribution >= 4 is 44.8 Å². The Morgan fingerprint density at radius 3 is 2.41 bits per heavy atom. The molecule has 180 valence electrons. The van der Waals surface area contributed by atoms with E-state index in [1.165, 1.54) is 31.4 Å². The summed E-state index contributed by atoms with van der Waals surface area (Å²) in [5.41, 5.74) is 1.18. The van der Waals surface area contributed by atoms with Gasteiger partial charge in [0.25, 0.3) is 0 Å². The first-order valence-corrected chi connectivity index (χ1v) is 11.9. The summed E-state index contributed by atoms with van der Waals surface area (Å²) in [6.45, 7) is -0.232. The van der Waals surface area contributed by atoms with E-state index in [0.29, 0.717) is 5.56 Å². The van der Waals surface area contributed by atoms with Crippen molar-refractivity contribution in [2.75, 3.05) is 32.4 Å². The van der Waals surface area contributed by atoms with Crippen LogP contribution < -0.4 is 10.1 Å². The second kappa shape index (κ2) is 10.4. The number of carbonyl (C=O) groups excluding carboxylic acids is 2. The quantitative estimate of drug-likeness (QED) is 0.463. The molecule has 2 N–H and O–H groups in total. The molecule has 0 unspecified atom stereocenters. The molecule has 0 saturated carbocycles. The van der Waals surface area contributed by atoms with Crippen LogP contribution in [0.5, 0.6) is 5.75 Å². The summed E-state index contributed by atoms with van der Waals surface area (Å²) in [6, 6.07) is 11.9.